The second-order valence-corrected chi connectivity index (χ2v) is 6.47. The predicted octanol–water partition coefficient (Wildman–Crippen LogP) is 4.05. The molecule has 5 heteroatoms. The Morgan fingerprint density at radius 3 is 2.67 bits per heavy atom. The molecular formula is C16H17IN4. The van der Waals surface area contributed by atoms with Gasteiger partial charge in [0.25, 0.3) is 0 Å². The van der Waals surface area contributed by atoms with Crippen LogP contribution in [0.25, 0.3) is 11.0 Å². The second-order valence-electron chi connectivity index (χ2n) is 5.22. The summed E-state index contributed by atoms with van der Waals surface area (Å²) in [5.74, 6) is 0. The molecule has 108 valence electrons. The molecule has 1 atom stereocenters. The Hall–Kier alpha value is -1.63. The molecule has 0 saturated carbocycles. The van der Waals surface area contributed by atoms with Crippen LogP contribution in [0, 0.1) is 10.5 Å². The lowest BCUT2D eigenvalue weighted by atomic mass is 10.1. The van der Waals surface area contributed by atoms with Crippen LogP contribution < -0.4 is 5.32 Å². The zero-order chi connectivity index (χ0) is 15.0. The number of hydrogen-bond acceptors (Lipinski definition) is 3. The number of aryl methyl sites for hydroxylation is 2. The van der Waals surface area contributed by atoms with E-state index in [0.717, 1.165) is 22.4 Å². The number of halogens is 1. The van der Waals surface area contributed by atoms with Crippen LogP contribution in [-0.4, -0.2) is 14.8 Å². The number of hydrogen-bond donors (Lipinski definition) is 1. The van der Waals surface area contributed by atoms with Crippen LogP contribution in [0.3, 0.4) is 0 Å². The lowest BCUT2D eigenvalue weighted by Crippen LogP contribution is -2.06. The quantitative estimate of drug-likeness (QED) is 0.684. The van der Waals surface area contributed by atoms with Gasteiger partial charge in [0.05, 0.1) is 17.6 Å². The van der Waals surface area contributed by atoms with Gasteiger partial charge in [0.1, 0.15) is 0 Å². The summed E-state index contributed by atoms with van der Waals surface area (Å²) in [5, 5.41) is 9.00. The van der Waals surface area contributed by atoms with Crippen LogP contribution in [0.1, 0.15) is 24.2 Å². The maximum absolute atomic E-state index is 4.50. The molecule has 0 amide bonds. The molecule has 0 aliphatic rings. The van der Waals surface area contributed by atoms with E-state index in [-0.39, 0.29) is 6.04 Å². The van der Waals surface area contributed by atoms with Gasteiger partial charge in [0, 0.05) is 22.0 Å². The predicted molar refractivity (Wildman–Crippen MR) is 94.4 cm³/mol. The van der Waals surface area contributed by atoms with Gasteiger partial charge >= 0.3 is 0 Å². The van der Waals surface area contributed by atoms with Crippen molar-refractivity contribution < 1.29 is 0 Å². The van der Waals surface area contributed by atoms with Crippen molar-refractivity contribution in [1.29, 1.82) is 0 Å². The van der Waals surface area contributed by atoms with Crippen LogP contribution in [0.2, 0.25) is 0 Å². The molecule has 0 saturated heterocycles. The monoisotopic (exact) mass is 392 g/mol. The Labute approximate surface area is 137 Å². The molecule has 2 aromatic heterocycles. The first-order chi connectivity index (χ1) is 10.0. The van der Waals surface area contributed by atoms with Gasteiger partial charge in [-0.2, -0.15) is 5.10 Å². The number of aromatic nitrogens is 3. The Morgan fingerprint density at radius 2 is 1.95 bits per heavy atom. The van der Waals surface area contributed by atoms with Crippen LogP contribution in [0.15, 0.2) is 36.5 Å². The summed E-state index contributed by atoms with van der Waals surface area (Å²) in [7, 11) is 1.92. The fourth-order valence-electron chi connectivity index (χ4n) is 2.47. The third-order valence-corrected chi connectivity index (χ3v) is 4.34. The summed E-state index contributed by atoms with van der Waals surface area (Å²) in [6, 6.07) is 10.9. The first kappa shape index (κ1) is 14.3. The van der Waals surface area contributed by atoms with Gasteiger partial charge < -0.3 is 5.32 Å². The SMILES string of the molecule is Cc1nn(C)c2ncc(NC(C)c3ccc(I)cc3)cc12. The Bertz CT molecular complexity index is 777. The van der Waals surface area contributed by atoms with Gasteiger partial charge in [0.2, 0.25) is 0 Å². The number of pyridine rings is 1. The van der Waals surface area contributed by atoms with Crippen molar-refractivity contribution in [2.75, 3.05) is 5.32 Å². The summed E-state index contributed by atoms with van der Waals surface area (Å²) >= 11 is 2.32. The van der Waals surface area contributed by atoms with Crippen LogP contribution in [-0.2, 0) is 7.05 Å². The highest BCUT2D eigenvalue weighted by Crippen LogP contribution is 2.23. The van der Waals surface area contributed by atoms with Crippen LogP contribution >= 0.6 is 22.6 Å². The Kier molecular flexibility index (Phi) is 3.84. The average Bonchev–Trinajstić information content (AvgIpc) is 2.74. The maximum Gasteiger partial charge on any atom is 0.157 e. The van der Waals surface area contributed by atoms with E-state index in [9.17, 15) is 0 Å². The van der Waals surface area contributed by atoms with Crippen molar-refractivity contribution >= 4 is 39.3 Å². The topological polar surface area (TPSA) is 42.7 Å². The summed E-state index contributed by atoms with van der Waals surface area (Å²) < 4.78 is 3.06. The molecule has 1 N–H and O–H groups in total. The van der Waals surface area contributed by atoms with E-state index in [0.29, 0.717) is 0 Å². The van der Waals surface area contributed by atoms with Crippen LogP contribution in [0.5, 0.6) is 0 Å². The van der Waals surface area contributed by atoms with Gasteiger partial charge in [-0.3, -0.25) is 4.68 Å². The molecule has 0 radical (unpaired) electrons. The second kappa shape index (κ2) is 5.63. The van der Waals surface area contributed by atoms with Crippen molar-refractivity contribution in [1.82, 2.24) is 14.8 Å². The fraction of sp³-hybridized carbons (Fsp3) is 0.250. The zero-order valence-electron chi connectivity index (χ0n) is 12.3. The number of nitrogens with one attached hydrogen (secondary N) is 1. The summed E-state index contributed by atoms with van der Waals surface area (Å²) in [5.41, 5.74) is 4.20. The number of benzene rings is 1. The molecule has 0 aliphatic heterocycles. The van der Waals surface area contributed by atoms with E-state index in [1.54, 1.807) is 0 Å². The lowest BCUT2D eigenvalue weighted by Gasteiger charge is -2.15. The Balaban J connectivity index is 1.87. The van der Waals surface area contributed by atoms with E-state index in [2.05, 4.69) is 75.2 Å². The molecule has 3 rings (SSSR count). The highest BCUT2D eigenvalue weighted by atomic mass is 127. The van der Waals surface area contributed by atoms with E-state index in [1.165, 1.54) is 9.13 Å². The largest absolute Gasteiger partial charge is 0.377 e. The zero-order valence-corrected chi connectivity index (χ0v) is 14.4. The molecule has 0 fully saturated rings. The lowest BCUT2D eigenvalue weighted by molar-refractivity contribution is 0.773. The first-order valence-corrected chi connectivity index (χ1v) is 7.94. The number of fused-ring (bicyclic) bond motifs is 1. The van der Waals surface area contributed by atoms with E-state index < -0.39 is 0 Å². The molecule has 3 aromatic rings. The van der Waals surface area contributed by atoms with Crippen molar-refractivity contribution in [3.05, 3.63) is 51.4 Å². The van der Waals surface area contributed by atoms with Gasteiger partial charge in [-0.05, 0) is 60.2 Å². The number of rotatable bonds is 3. The Morgan fingerprint density at radius 1 is 1.24 bits per heavy atom. The molecule has 0 spiro atoms. The number of nitrogens with zero attached hydrogens (tertiary/aromatic N) is 3. The molecule has 1 unspecified atom stereocenters. The van der Waals surface area contributed by atoms with E-state index >= 15 is 0 Å². The minimum atomic E-state index is 0.234. The fourth-order valence-corrected chi connectivity index (χ4v) is 2.83. The smallest absolute Gasteiger partial charge is 0.157 e. The third-order valence-electron chi connectivity index (χ3n) is 3.62. The van der Waals surface area contributed by atoms with Crippen molar-refractivity contribution in [3.63, 3.8) is 0 Å². The average molecular weight is 392 g/mol. The van der Waals surface area contributed by atoms with Gasteiger partial charge in [-0.1, -0.05) is 12.1 Å². The van der Waals surface area contributed by atoms with Gasteiger partial charge in [-0.15, -0.1) is 0 Å². The highest BCUT2D eigenvalue weighted by molar-refractivity contribution is 14.1. The molecule has 1 aromatic carbocycles. The molecule has 0 bridgehead atoms. The molecule has 0 aliphatic carbocycles. The van der Waals surface area contributed by atoms with E-state index in [4.69, 9.17) is 0 Å². The van der Waals surface area contributed by atoms with Crippen molar-refractivity contribution in [2.45, 2.75) is 19.9 Å². The normalized spacial score (nSPS) is 12.6. The molecular weight excluding hydrogens is 375 g/mol. The highest BCUT2D eigenvalue weighted by Gasteiger charge is 2.09. The van der Waals surface area contributed by atoms with Crippen molar-refractivity contribution in [3.8, 4) is 0 Å². The first-order valence-electron chi connectivity index (χ1n) is 6.86. The molecule has 2 heterocycles. The molecule has 4 nitrogen and oxygen atoms in total. The minimum Gasteiger partial charge on any atom is -0.377 e. The summed E-state index contributed by atoms with van der Waals surface area (Å²) in [6.45, 7) is 4.17. The van der Waals surface area contributed by atoms with E-state index in [1.807, 2.05) is 24.9 Å². The summed E-state index contributed by atoms with van der Waals surface area (Å²) in [4.78, 5) is 4.50. The van der Waals surface area contributed by atoms with Crippen LogP contribution in [0.4, 0.5) is 5.69 Å². The summed E-state index contributed by atoms with van der Waals surface area (Å²) in [6.07, 6.45) is 1.87. The van der Waals surface area contributed by atoms with Crippen molar-refractivity contribution in [2.24, 2.45) is 7.05 Å². The molecule has 21 heavy (non-hydrogen) atoms. The van der Waals surface area contributed by atoms with Gasteiger partial charge in [-0.25, -0.2) is 4.98 Å². The standard InChI is InChI=1S/C16H17IN4/c1-10(12-4-6-13(17)7-5-12)19-14-8-15-11(2)20-21(3)16(15)18-9-14/h4-10,19H,1-3H3. The third kappa shape index (κ3) is 2.88. The maximum atomic E-state index is 4.50. The van der Waals surface area contributed by atoms with Gasteiger partial charge in [0.15, 0.2) is 5.65 Å². The minimum absolute atomic E-state index is 0.234. The number of anilines is 1.